The van der Waals surface area contributed by atoms with Gasteiger partial charge in [0.2, 0.25) is 15.9 Å². The van der Waals surface area contributed by atoms with E-state index in [9.17, 15) is 18.5 Å². The highest BCUT2D eigenvalue weighted by atomic mass is 32.2. The summed E-state index contributed by atoms with van der Waals surface area (Å²) in [5.41, 5.74) is -0.150. The van der Waals surface area contributed by atoms with Gasteiger partial charge >= 0.3 is 0 Å². The summed E-state index contributed by atoms with van der Waals surface area (Å²) in [5, 5.41) is 14.7. The van der Waals surface area contributed by atoms with Crippen LogP contribution in [-0.2, 0) is 10.0 Å². The van der Waals surface area contributed by atoms with Crippen LogP contribution in [0.2, 0.25) is 0 Å². The smallest absolute Gasteiger partial charge is 0.269 e. The molecule has 1 saturated heterocycles. The Balaban J connectivity index is 1.62. The number of rotatable bonds is 5. The molecule has 0 N–H and O–H groups in total. The Morgan fingerprint density at radius 3 is 2.56 bits per heavy atom. The standard InChI is InChI=1S/C15H16N4O5S/c20-19(21)11-5-7-12(8-6-11)25(22,23)18-9-1-2-13(18)15-16-14(17-24-15)10-3-4-10/h5-8,10,13H,1-4,9H2. The van der Waals surface area contributed by atoms with Crippen LogP contribution in [0.5, 0.6) is 0 Å². The molecule has 0 bridgehead atoms. The van der Waals surface area contributed by atoms with Crippen LogP contribution in [0.25, 0.3) is 0 Å². The molecule has 1 unspecified atom stereocenters. The van der Waals surface area contributed by atoms with Crippen molar-refractivity contribution in [3.8, 4) is 0 Å². The maximum absolute atomic E-state index is 12.9. The highest BCUT2D eigenvalue weighted by Gasteiger charge is 2.40. The summed E-state index contributed by atoms with van der Waals surface area (Å²) in [6, 6.07) is 4.41. The van der Waals surface area contributed by atoms with Crippen molar-refractivity contribution in [3.05, 3.63) is 46.1 Å². The molecule has 0 radical (unpaired) electrons. The number of nitro groups is 1. The Bertz CT molecular complexity index is 904. The third-order valence-corrected chi connectivity index (χ3v) is 6.47. The number of nitro benzene ring substituents is 1. The number of aromatic nitrogens is 2. The van der Waals surface area contributed by atoms with Gasteiger partial charge in [0, 0.05) is 24.6 Å². The third-order valence-electron chi connectivity index (χ3n) is 4.54. The first kappa shape index (κ1) is 16.2. The van der Waals surface area contributed by atoms with Gasteiger partial charge in [-0.05, 0) is 37.8 Å². The van der Waals surface area contributed by atoms with Crippen molar-refractivity contribution in [2.75, 3.05) is 6.54 Å². The fraction of sp³-hybridized carbons (Fsp3) is 0.467. The van der Waals surface area contributed by atoms with Crippen LogP contribution in [-0.4, -0.2) is 34.3 Å². The summed E-state index contributed by atoms with van der Waals surface area (Å²) in [6.07, 6.45) is 3.37. The van der Waals surface area contributed by atoms with Gasteiger partial charge in [-0.2, -0.15) is 9.29 Å². The van der Waals surface area contributed by atoms with Crippen LogP contribution >= 0.6 is 0 Å². The minimum absolute atomic E-state index is 0.0203. The van der Waals surface area contributed by atoms with Crippen molar-refractivity contribution in [3.63, 3.8) is 0 Å². The SMILES string of the molecule is O=[N+]([O-])c1ccc(S(=O)(=O)N2CCCC2c2nc(C3CC3)no2)cc1. The largest absolute Gasteiger partial charge is 0.338 e. The maximum Gasteiger partial charge on any atom is 0.269 e. The second-order valence-corrected chi connectivity index (χ2v) is 8.18. The highest BCUT2D eigenvalue weighted by Crippen LogP contribution is 2.40. The molecule has 2 aromatic rings. The van der Waals surface area contributed by atoms with Gasteiger partial charge in [0.1, 0.15) is 6.04 Å². The molecule has 9 nitrogen and oxygen atoms in total. The second-order valence-electron chi connectivity index (χ2n) is 6.29. The Labute approximate surface area is 143 Å². The molecule has 0 amide bonds. The average molecular weight is 364 g/mol. The summed E-state index contributed by atoms with van der Waals surface area (Å²) in [4.78, 5) is 14.6. The van der Waals surface area contributed by atoms with E-state index in [1.54, 1.807) is 0 Å². The lowest BCUT2D eigenvalue weighted by Gasteiger charge is -2.21. The van der Waals surface area contributed by atoms with Crippen molar-refractivity contribution in [1.29, 1.82) is 0 Å². The molecule has 25 heavy (non-hydrogen) atoms. The van der Waals surface area contributed by atoms with Crippen LogP contribution < -0.4 is 0 Å². The fourth-order valence-electron chi connectivity index (χ4n) is 3.04. The van der Waals surface area contributed by atoms with Crippen molar-refractivity contribution < 1.29 is 17.9 Å². The fourth-order valence-corrected chi connectivity index (χ4v) is 4.69. The quantitative estimate of drug-likeness (QED) is 0.590. The zero-order chi connectivity index (χ0) is 17.6. The lowest BCUT2D eigenvalue weighted by molar-refractivity contribution is -0.384. The Morgan fingerprint density at radius 1 is 1.20 bits per heavy atom. The Kier molecular flexibility index (Phi) is 3.80. The normalized spacial score (nSPS) is 21.5. The summed E-state index contributed by atoms with van der Waals surface area (Å²) in [5.74, 6) is 1.30. The molecule has 2 heterocycles. The number of sulfonamides is 1. The molecule has 132 valence electrons. The van der Waals surface area contributed by atoms with E-state index in [0.29, 0.717) is 37.0 Å². The minimum atomic E-state index is -3.79. The van der Waals surface area contributed by atoms with Gasteiger partial charge in [0.05, 0.1) is 9.82 Å². The number of hydrogen-bond donors (Lipinski definition) is 0. The molecule has 10 heteroatoms. The molecular weight excluding hydrogens is 348 g/mol. The Hall–Kier alpha value is -2.33. The van der Waals surface area contributed by atoms with Crippen molar-refractivity contribution in [2.45, 2.75) is 42.5 Å². The molecular formula is C15H16N4O5S. The minimum Gasteiger partial charge on any atom is -0.338 e. The molecule has 1 saturated carbocycles. The Morgan fingerprint density at radius 2 is 1.92 bits per heavy atom. The number of nitrogens with zero attached hydrogens (tertiary/aromatic N) is 4. The van der Waals surface area contributed by atoms with Crippen LogP contribution in [0, 0.1) is 10.1 Å². The summed E-state index contributed by atoms with van der Waals surface area (Å²) in [6.45, 7) is 0.352. The topological polar surface area (TPSA) is 119 Å². The summed E-state index contributed by atoms with van der Waals surface area (Å²) in [7, 11) is -3.79. The average Bonchev–Trinajstić information content (AvgIpc) is 3.12. The predicted octanol–water partition coefficient (Wildman–Crippen LogP) is 2.38. The van der Waals surface area contributed by atoms with Crippen molar-refractivity contribution in [1.82, 2.24) is 14.4 Å². The van der Waals surface area contributed by atoms with E-state index < -0.39 is 21.0 Å². The van der Waals surface area contributed by atoms with Crippen molar-refractivity contribution in [2.24, 2.45) is 0 Å². The van der Waals surface area contributed by atoms with Crippen LogP contribution in [0.3, 0.4) is 0 Å². The van der Waals surface area contributed by atoms with Gasteiger partial charge < -0.3 is 4.52 Å². The van der Waals surface area contributed by atoms with Gasteiger partial charge in [-0.25, -0.2) is 8.42 Å². The van der Waals surface area contributed by atoms with Gasteiger partial charge in [0.15, 0.2) is 5.82 Å². The van der Waals surface area contributed by atoms with E-state index in [0.717, 1.165) is 12.8 Å². The van der Waals surface area contributed by atoms with Crippen molar-refractivity contribution >= 4 is 15.7 Å². The van der Waals surface area contributed by atoms with Crippen LogP contribution in [0.15, 0.2) is 33.7 Å². The molecule has 2 aliphatic rings. The number of non-ortho nitro benzene ring substituents is 1. The molecule has 2 fully saturated rings. The van der Waals surface area contributed by atoms with Gasteiger partial charge in [-0.3, -0.25) is 10.1 Å². The molecule has 1 aromatic carbocycles. The summed E-state index contributed by atoms with van der Waals surface area (Å²) >= 11 is 0. The van der Waals surface area contributed by atoms with E-state index in [4.69, 9.17) is 4.52 Å². The maximum atomic E-state index is 12.9. The third kappa shape index (κ3) is 2.91. The van der Waals surface area contributed by atoms with Gasteiger partial charge in [-0.1, -0.05) is 5.16 Å². The number of benzene rings is 1. The van der Waals surface area contributed by atoms with E-state index >= 15 is 0 Å². The first-order valence-electron chi connectivity index (χ1n) is 8.06. The lowest BCUT2D eigenvalue weighted by Crippen LogP contribution is -2.30. The second kappa shape index (κ2) is 5.88. The van der Waals surface area contributed by atoms with E-state index in [1.807, 2.05) is 0 Å². The molecule has 1 atom stereocenters. The van der Waals surface area contributed by atoms with Crippen LogP contribution in [0.1, 0.15) is 49.4 Å². The molecule has 4 rings (SSSR count). The predicted molar refractivity (Wildman–Crippen MR) is 85.2 cm³/mol. The molecule has 1 aliphatic heterocycles. The van der Waals surface area contributed by atoms with Gasteiger partial charge in [0.25, 0.3) is 5.69 Å². The zero-order valence-corrected chi connectivity index (χ0v) is 14.1. The van der Waals surface area contributed by atoms with E-state index in [2.05, 4.69) is 10.1 Å². The molecule has 0 spiro atoms. The van der Waals surface area contributed by atoms with Gasteiger partial charge in [-0.15, -0.1) is 0 Å². The first-order valence-corrected chi connectivity index (χ1v) is 9.50. The van der Waals surface area contributed by atoms with E-state index in [1.165, 1.54) is 28.6 Å². The molecule has 1 aliphatic carbocycles. The highest BCUT2D eigenvalue weighted by molar-refractivity contribution is 7.89. The van der Waals surface area contributed by atoms with E-state index in [-0.39, 0.29) is 10.6 Å². The molecule has 1 aromatic heterocycles. The zero-order valence-electron chi connectivity index (χ0n) is 13.2. The monoisotopic (exact) mass is 364 g/mol. The van der Waals surface area contributed by atoms with Crippen LogP contribution in [0.4, 0.5) is 5.69 Å². The first-order chi connectivity index (χ1) is 12.0. The number of hydrogen-bond acceptors (Lipinski definition) is 7. The lowest BCUT2D eigenvalue weighted by atomic mass is 10.2. The summed E-state index contributed by atoms with van der Waals surface area (Å²) < 4.78 is 32.5.